The minimum absolute atomic E-state index is 0. The molecule has 0 heterocycles. The second kappa shape index (κ2) is 13.6. The van der Waals surface area contributed by atoms with Crippen molar-refractivity contribution in [3.8, 4) is 0 Å². The molecule has 166 valence electrons. The highest BCUT2D eigenvalue weighted by Crippen LogP contribution is 2.27. The van der Waals surface area contributed by atoms with Crippen molar-refractivity contribution in [1.82, 2.24) is 10.6 Å². The van der Waals surface area contributed by atoms with Gasteiger partial charge in [0.2, 0.25) is 0 Å². The first-order valence-corrected chi connectivity index (χ1v) is 11.3. The number of nitro groups is 1. The highest BCUT2D eigenvalue weighted by Gasteiger charge is 2.18. The van der Waals surface area contributed by atoms with Gasteiger partial charge >= 0.3 is 0 Å². The summed E-state index contributed by atoms with van der Waals surface area (Å²) >= 11 is 0. The number of halogens is 1. The molecule has 1 aromatic rings. The number of hydrogen-bond donors (Lipinski definition) is 3. The quantitative estimate of drug-likeness (QED) is 0.0982. The lowest BCUT2D eigenvalue weighted by Gasteiger charge is -2.18. The molecule has 29 heavy (non-hydrogen) atoms. The molecule has 1 aromatic carbocycles. The lowest BCUT2D eigenvalue weighted by atomic mass is 10.1. The zero-order valence-electron chi connectivity index (χ0n) is 17.4. The fraction of sp³-hybridized carbons (Fsp3) is 0.611. The molecule has 9 nitrogen and oxygen atoms in total. The predicted octanol–water partition coefficient (Wildman–Crippen LogP) is 3.16. The van der Waals surface area contributed by atoms with Gasteiger partial charge in [-0.25, -0.2) is 8.42 Å². The van der Waals surface area contributed by atoms with E-state index in [0.29, 0.717) is 25.1 Å². The Kier molecular flexibility index (Phi) is 12.8. The van der Waals surface area contributed by atoms with Crippen LogP contribution in [-0.2, 0) is 9.84 Å². The molecule has 1 unspecified atom stereocenters. The number of nitrogens with one attached hydrogen (secondary N) is 3. The first-order chi connectivity index (χ1) is 13.2. The smallest absolute Gasteiger partial charge is 0.293 e. The van der Waals surface area contributed by atoms with E-state index in [1.54, 1.807) is 7.05 Å². The summed E-state index contributed by atoms with van der Waals surface area (Å²) < 4.78 is 23.2. The van der Waals surface area contributed by atoms with Crippen LogP contribution in [-0.4, -0.2) is 51.7 Å². The Morgan fingerprint density at radius 3 is 2.52 bits per heavy atom. The van der Waals surface area contributed by atoms with Crippen LogP contribution in [0.1, 0.15) is 39.5 Å². The maximum Gasteiger partial charge on any atom is 0.293 e. The van der Waals surface area contributed by atoms with Crippen molar-refractivity contribution < 1.29 is 13.3 Å². The van der Waals surface area contributed by atoms with Gasteiger partial charge in [-0.15, -0.1) is 24.0 Å². The number of guanidine groups is 1. The number of aliphatic imine (C=N–C) groups is 1. The van der Waals surface area contributed by atoms with Crippen molar-refractivity contribution in [2.24, 2.45) is 4.99 Å². The van der Waals surface area contributed by atoms with E-state index in [2.05, 4.69) is 34.8 Å². The third-order valence-corrected chi connectivity index (χ3v) is 5.28. The minimum atomic E-state index is -3.50. The lowest BCUT2D eigenvalue weighted by Crippen LogP contribution is -2.43. The molecule has 0 fully saturated rings. The van der Waals surface area contributed by atoms with Crippen LogP contribution in [0.3, 0.4) is 0 Å². The number of rotatable bonds is 11. The van der Waals surface area contributed by atoms with Crippen molar-refractivity contribution in [2.75, 3.05) is 31.7 Å². The van der Waals surface area contributed by atoms with Crippen molar-refractivity contribution in [3.05, 3.63) is 28.3 Å². The van der Waals surface area contributed by atoms with Crippen LogP contribution < -0.4 is 16.0 Å². The van der Waals surface area contributed by atoms with Crippen LogP contribution in [0.25, 0.3) is 0 Å². The number of nitrogens with zero attached hydrogens (tertiary/aromatic N) is 2. The number of hydrogen-bond acceptors (Lipinski definition) is 6. The molecule has 0 radical (unpaired) electrons. The first kappa shape index (κ1) is 27.4. The Balaban J connectivity index is 0.00000784. The fourth-order valence-electron chi connectivity index (χ4n) is 2.62. The van der Waals surface area contributed by atoms with E-state index in [9.17, 15) is 18.5 Å². The summed E-state index contributed by atoms with van der Waals surface area (Å²) in [5, 5.41) is 20.7. The molecular formula is C18H32IN5O4S. The number of benzene rings is 1. The van der Waals surface area contributed by atoms with Gasteiger partial charge < -0.3 is 16.0 Å². The fourth-order valence-corrected chi connectivity index (χ4v) is 3.26. The van der Waals surface area contributed by atoms with Crippen LogP contribution in [0.4, 0.5) is 11.4 Å². The molecule has 1 rings (SSSR count). The molecule has 0 aromatic heterocycles. The Labute approximate surface area is 190 Å². The number of nitro benzene ring substituents is 1. The van der Waals surface area contributed by atoms with Gasteiger partial charge in [0.15, 0.2) is 15.8 Å². The third kappa shape index (κ3) is 10.1. The van der Waals surface area contributed by atoms with E-state index in [4.69, 9.17) is 0 Å². The van der Waals surface area contributed by atoms with Crippen molar-refractivity contribution in [1.29, 1.82) is 0 Å². The summed E-state index contributed by atoms with van der Waals surface area (Å²) in [6.07, 6.45) is 5.63. The lowest BCUT2D eigenvalue weighted by molar-refractivity contribution is -0.384. The molecule has 0 saturated carbocycles. The Morgan fingerprint density at radius 1 is 1.28 bits per heavy atom. The standard InChI is InChI=1S/C18H31N5O4S.HI/c1-5-6-7-8-14(2)22-18(19-3)21-12-11-20-16-10-9-15(28(4,26)27)13-17(16)23(24)25;/h9-10,13-14,20H,5-8,11-12H2,1-4H3,(H2,19,21,22);1H. The van der Waals surface area contributed by atoms with Gasteiger partial charge in [-0.2, -0.15) is 0 Å². The first-order valence-electron chi connectivity index (χ1n) is 9.38. The summed E-state index contributed by atoms with van der Waals surface area (Å²) in [4.78, 5) is 14.7. The highest BCUT2D eigenvalue weighted by molar-refractivity contribution is 14.0. The van der Waals surface area contributed by atoms with Gasteiger partial charge in [0.05, 0.1) is 9.82 Å². The normalized spacial score (nSPS) is 12.6. The Morgan fingerprint density at radius 2 is 1.97 bits per heavy atom. The topological polar surface area (TPSA) is 126 Å². The van der Waals surface area contributed by atoms with Crippen LogP contribution in [0.15, 0.2) is 28.1 Å². The zero-order chi connectivity index (χ0) is 21.2. The van der Waals surface area contributed by atoms with Gasteiger partial charge in [-0.1, -0.05) is 26.2 Å². The Bertz CT molecular complexity index is 786. The maximum absolute atomic E-state index is 11.6. The molecule has 0 aliphatic rings. The van der Waals surface area contributed by atoms with E-state index < -0.39 is 14.8 Å². The molecule has 0 amide bonds. The summed E-state index contributed by atoms with van der Waals surface area (Å²) in [6.45, 7) is 5.18. The zero-order valence-corrected chi connectivity index (χ0v) is 20.5. The average Bonchev–Trinajstić information content (AvgIpc) is 2.63. The van der Waals surface area contributed by atoms with Crippen molar-refractivity contribution in [2.45, 2.75) is 50.5 Å². The molecule has 11 heteroatoms. The number of anilines is 1. The van der Waals surface area contributed by atoms with Gasteiger partial charge in [-0.05, 0) is 25.5 Å². The van der Waals surface area contributed by atoms with E-state index in [0.717, 1.165) is 25.2 Å². The summed E-state index contributed by atoms with van der Waals surface area (Å²) in [7, 11) is -1.81. The molecule has 0 saturated heterocycles. The average molecular weight is 541 g/mol. The van der Waals surface area contributed by atoms with Gasteiger partial charge in [-0.3, -0.25) is 15.1 Å². The molecule has 0 bridgehead atoms. The molecule has 3 N–H and O–H groups in total. The van der Waals surface area contributed by atoms with Crippen LogP contribution in [0, 0.1) is 10.1 Å². The van der Waals surface area contributed by atoms with Crippen molar-refractivity contribution >= 4 is 51.1 Å². The second-order valence-corrected chi connectivity index (χ2v) is 8.69. The highest BCUT2D eigenvalue weighted by atomic mass is 127. The Hall–Kier alpha value is -1.63. The molecule has 0 aliphatic heterocycles. The van der Waals surface area contributed by atoms with E-state index >= 15 is 0 Å². The summed E-state index contributed by atoms with van der Waals surface area (Å²) in [5.74, 6) is 0.674. The second-order valence-electron chi connectivity index (χ2n) is 6.68. The maximum atomic E-state index is 11.6. The van der Waals surface area contributed by atoms with Gasteiger partial charge in [0.1, 0.15) is 5.69 Å². The SMILES string of the molecule is CCCCCC(C)NC(=NC)NCCNc1ccc(S(C)(=O)=O)cc1[N+](=O)[O-].I. The largest absolute Gasteiger partial charge is 0.378 e. The van der Waals surface area contributed by atoms with Crippen LogP contribution in [0.5, 0.6) is 0 Å². The molecule has 0 aliphatic carbocycles. The third-order valence-electron chi connectivity index (χ3n) is 4.17. The predicted molar refractivity (Wildman–Crippen MR) is 128 cm³/mol. The molecule has 0 spiro atoms. The number of unbranched alkanes of at least 4 members (excludes halogenated alkanes) is 2. The summed E-state index contributed by atoms with van der Waals surface area (Å²) in [6, 6.07) is 4.15. The minimum Gasteiger partial charge on any atom is -0.378 e. The van der Waals surface area contributed by atoms with E-state index in [1.165, 1.54) is 25.0 Å². The van der Waals surface area contributed by atoms with E-state index in [1.807, 2.05) is 0 Å². The van der Waals surface area contributed by atoms with Crippen LogP contribution in [0.2, 0.25) is 0 Å². The van der Waals surface area contributed by atoms with Crippen LogP contribution >= 0.6 is 24.0 Å². The van der Waals surface area contributed by atoms with Gasteiger partial charge in [0.25, 0.3) is 5.69 Å². The molecular weight excluding hydrogens is 509 g/mol. The van der Waals surface area contributed by atoms with E-state index in [-0.39, 0.29) is 40.2 Å². The van der Waals surface area contributed by atoms with Crippen molar-refractivity contribution in [3.63, 3.8) is 0 Å². The monoisotopic (exact) mass is 541 g/mol. The number of sulfone groups is 1. The molecule has 1 atom stereocenters. The van der Waals surface area contributed by atoms with Gasteiger partial charge in [0, 0.05) is 38.5 Å². The summed E-state index contributed by atoms with van der Waals surface area (Å²) in [5.41, 5.74) is 0.00468.